The molecule has 3 nitrogen and oxygen atoms in total. The van der Waals surface area contributed by atoms with Gasteiger partial charge < -0.3 is 10.2 Å². The van der Waals surface area contributed by atoms with Crippen LogP contribution >= 0.6 is 0 Å². The Morgan fingerprint density at radius 3 is 2.88 bits per heavy atom. The van der Waals surface area contributed by atoms with Crippen molar-refractivity contribution in [3.05, 3.63) is 12.4 Å². The molecule has 1 N–H and O–H groups in total. The van der Waals surface area contributed by atoms with Crippen LogP contribution in [0.2, 0.25) is 0 Å². The normalized spacial score (nSPS) is 25.0. The van der Waals surface area contributed by atoms with Crippen LogP contribution in [-0.2, 0) is 0 Å². The third kappa shape index (κ3) is 0.604. The van der Waals surface area contributed by atoms with Gasteiger partial charge in [-0.15, -0.1) is 0 Å². The summed E-state index contributed by atoms with van der Waals surface area (Å²) in [6, 6.07) is 2.07. The summed E-state index contributed by atoms with van der Waals surface area (Å²) in [5.74, 6) is 0. The molecule has 42 valence electrons. The van der Waals surface area contributed by atoms with E-state index >= 15 is 0 Å². The van der Waals surface area contributed by atoms with Crippen molar-refractivity contribution in [3.63, 3.8) is 0 Å². The van der Waals surface area contributed by atoms with Crippen LogP contribution in [0.3, 0.4) is 0 Å². The molecule has 0 bridgehead atoms. The molecule has 1 atom stereocenters. The van der Waals surface area contributed by atoms with Gasteiger partial charge in [-0.3, -0.25) is 0 Å². The maximum absolute atomic E-state index is 8.34. The zero-order valence-corrected chi connectivity index (χ0v) is 4.63. The third-order valence-electron chi connectivity index (χ3n) is 1.09. The number of nitrogens with one attached hydrogen (secondary N) is 1. The van der Waals surface area contributed by atoms with Gasteiger partial charge in [-0.2, -0.15) is 5.26 Å². The van der Waals surface area contributed by atoms with Crippen LogP contribution in [0.25, 0.3) is 0 Å². The molecule has 0 aliphatic carbocycles. The maximum Gasteiger partial charge on any atom is 0.188 e. The number of rotatable bonds is 0. The van der Waals surface area contributed by atoms with E-state index in [1.54, 1.807) is 11.1 Å². The van der Waals surface area contributed by atoms with Crippen LogP contribution in [0.15, 0.2) is 12.4 Å². The van der Waals surface area contributed by atoms with E-state index in [2.05, 4.69) is 11.4 Å². The van der Waals surface area contributed by atoms with Crippen molar-refractivity contribution in [2.24, 2.45) is 0 Å². The van der Waals surface area contributed by atoms with E-state index in [1.807, 2.05) is 13.2 Å². The Morgan fingerprint density at radius 2 is 2.62 bits per heavy atom. The average molecular weight is 109 g/mol. The lowest BCUT2D eigenvalue weighted by Gasteiger charge is -2.11. The first-order valence-electron chi connectivity index (χ1n) is 2.39. The first-order valence-corrected chi connectivity index (χ1v) is 2.39. The van der Waals surface area contributed by atoms with Crippen LogP contribution < -0.4 is 5.32 Å². The minimum atomic E-state index is -0.157. The monoisotopic (exact) mass is 109 g/mol. The van der Waals surface area contributed by atoms with E-state index in [-0.39, 0.29) is 6.17 Å². The Labute approximate surface area is 48.2 Å². The topological polar surface area (TPSA) is 39.1 Å². The number of hydrogen-bond acceptors (Lipinski definition) is 3. The number of hydrogen-bond donors (Lipinski definition) is 1. The molecule has 0 aromatic heterocycles. The van der Waals surface area contributed by atoms with Crippen LogP contribution in [0.4, 0.5) is 0 Å². The zero-order valence-electron chi connectivity index (χ0n) is 4.63. The summed E-state index contributed by atoms with van der Waals surface area (Å²) >= 11 is 0. The van der Waals surface area contributed by atoms with Crippen molar-refractivity contribution >= 4 is 0 Å². The lowest BCUT2D eigenvalue weighted by atomic mass is 10.5. The Kier molecular flexibility index (Phi) is 1.09. The Balaban J connectivity index is 2.54. The van der Waals surface area contributed by atoms with Crippen LogP contribution in [0.5, 0.6) is 0 Å². The largest absolute Gasteiger partial charge is 0.358 e. The minimum absolute atomic E-state index is 0.157. The van der Waals surface area contributed by atoms with Crippen molar-refractivity contribution in [1.82, 2.24) is 10.2 Å². The van der Waals surface area contributed by atoms with E-state index < -0.39 is 0 Å². The van der Waals surface area contributed by atoms with Gasteiger partial charge in [-0.05, 0) is 0 Å². The minimum Gasteiger partial charge on any atom is -0.358 e. The molecule has 1 aliphatic rings. The summed E-state index contributed by atoms with van der Waals surface area (Å²) in [5, 5.41) is 11.2. The van der Waals surface area contributed by atoms with Gasteiger partial charge in [0.2, 0.25) is 0 Å². The predicted octanol–water partition coefficient (Wildman–Crippen LogP) is -0.158. The van der Waals surface area contributed by atoms with Crippen molar-refractivity contribution < 1.29 is 0 Å². The highest BCUT2D eigenvalue weighted by Gasteiger charge is 2.11. The Hall–Kier alpha value is -1.17. The fraction of sp³-hybridized carbons (Fsp3) is 0.400. The van der Waals surface area contributed by atoms with Gasteiger partial charge in [0.15, 0.2) is 6.17 Å². The van der Waals surface area contributed by atoms with Crippen LogP contribution in [-0.4, -0.2) is 18.1 Å². The smallest absolute Gasteiger partial charge is 0.188 e. The molecule has 0 amide bonds. The molecule has 8 heavy (non-hydrogen) atoms. The SMILES string of the molecule is CN1C=CNC1C#N. The first-order chi connectivity index (χ1) is 3.84. The average Bonchev–Trinajstić information content (AvgIpc) is 2.14. The van der Waals surface area contributed by atoms with Crippen molar-refractivity contribution in [2.75, 3.05) is 7.05 Å². The second-order valence-electron chi connectivity index (χ2n) is 1.68. The lowest BCUT2D eigenvalue weighted by Crippen LogP contribution is -2.30. The van der Waals surface area contributed by atoms with E-state index in [0.717, 1.165) is 0 Å². The fourth-order valence-corrected chi connectivity index (χ4v) is 0.584. The summed E-state index contributed by atoms with van der Waals surface area (Å²) < 4.78 is 0. The molecule has 0 saturated heterocycles. The molecule has 1 aliphatic heterocycles. The fourth-order valence-electron chi connectivity index (χ4n) is 0.584. The molecule has 0 radical (unpaired) electrons. The van der Waals surface area contributed by atoms with Crippen LogP contribution in [0.1, 0.15) is 0 Å². The number of nitriles is 1. The van der Waals surface area contributed by atoms with Gasteiger partial charge >= 0.3 is 0 Å². The van der Waals surface area contributed by atoms with E-state index in [9.17, 15) is 0 Å². The second-order valence-corrected chi connectivity index (χ2v) is 1.68. The highest BCUT2D eigenvalue weighted by molar-refractivity contribution is 5.02. The first kappa shape index (κ1) is 4.98. The molecule has 0 aromatic rings. The molecule has 1 unspecified atom stereocenters. The van der Waals surface area contributed by atoms with Gasteiger partial charge in [0, 0.05) is 19.4 Å². The Morgan fingerprint density at radius 1 is 1.88 bits per heavy atom. The lowest BCUT2D eigenvalue weighted by molar-refractivity contribution is 0.399. The summed E-state index contributed by atoms with van der Waals surface area (Å²) in [7, 11) is 1.85. The van der Waals surface area contributed by atoms with Gasteiger partial charge in [0.25, 0.3) is 0 Å². The van der Waals surface area contributed by atoms with Crippen LogP contribution in [0, 0.1) is 11.3 Å². The molecule has 0 spiro atoms. The number of nitrogens with zero attached hydrogens (tertiary/aromatic N) is 2. The van der Waals surface area contributed by atoms with E-state index in [1.165, 1.54) is 0 Å². The summed E-state index contributed by atoms with van der Waals surface area (Å²) in [6.45, 7) is 0. The van der Waals surface area contributed by atoms with Crippen molar-refractivity contribution in [2.45, 2.75) is 6.17 Å². The summed E-state index contributed by atoms with van der Waals surface area (Å²) in [6.07, 6.45) is 3.43. The van der Waals surface area contributed by atoms with Crippen molar-refractivity contribution in [3.8, 4) is 6.07 Å². The molecule has 1 heterocycles. The zero-order chi connectivity index (χ0) is 5.98. The molecule has 3 heteroatoms. The summed E-state index contributed by atoms with van der Waals surface area (Å²) in [4.78, 5) is 1.81. The van der Waals surface area contributed by atoms with E-state index in [0.29, 0.717) is 0 Å². The van der Waals surface area contributed by atoms with Gasteiger partial charge in [-0.1, -0.05) is 0 Å². The maximum atomic E-state index is 8.34. The molecule has 1 rings (SSSR count). The quantitative estimate of drug-likeness (QED) is 0.470. The van der Waals surface area contributed by atoms with Gasteiger partial charge in [0.05, 0.1) is 0 Å². The highest BCUT2D eigenvalue weighted by atomic mass is 15.3. The van der Waals surface area contributed by atoms with Gasteiger partial charge in [-0.25, -0.2) is 0 Å². The molecule has 0 fully saturated rings. The second kappa shape index (κ2) is 1.74. The molecular formula is C5H7N3. The third-order valence-corrected chi connectivity index (χ3v) is 1.09. The Bertz CT molecular complexity index is 144. The molecule has 0 saturated carbocycles. The standard InChI is InChI=1S/C5H7N3/c1-8-3-2-7-5(8)4-6/h2-3,5,7H,1H3. The molecule has 0 aromatic carbocycles. The van der Waals surface area contributed by atoms with E-state index in [4.69, 9.17) is 5.26 Å². The predicted molar refractivity (Wildman–Crippen MR) is 29.4 cm³/mol. The van der Waals surface area contributed by atoms with Gasteiger partial charge in [0.1, 0.15) is 6.07 Å². The van der Waals surface area contributed by atoms with Crippen molar-refractivity contribution in [1.29, 1.82) is 5.26 Å². The molecular weight excluding hydrogens is 102 g/mol. The highest BCUT2D eigenvalue weighted by Crippen LogP contribution is 1.97. The summed E-state index contributed by atoms with van der Waals surface area (Å²) in [5.41, 5.74) is 0.